The number of rotatable bonds is 2. The second-order valence-corrected chi connectivity index (χ2v) is 2.28. The zero-order valence-electron chi connectivity index (χ0n) is 6.43. The maximum absolute atomic E-state index is 12.8. The highest BCUT2D eigenvalue weighted by molar-refractivity contribution is 5.74. The van der Waals surface area contributed by atoms with Crippen LogP contribution in [-0.4, -0.2) is 6.29 Å². The van der Waals surface area contributed by atoms with E-state index in [-0.39, 0.29) is 0 Å². The molecule has 0 saturated carbocycles. The summed E-state index contributed by atoms with van der Waals surface area (Å²) in [4.78, 5) is 9.86. The summed E-state index contributed by atoms with van der Waals surface area (Å²) in [7, 11) is 0. The zero-order chi connectivity index (χ0) is 9.84. The number of halogens is 3. The Labute approximate surface area is 72.5 Å². The van der Waals surface area contributed by atoms with Crippen LogP contribution in [0.2, 0.25) is 0 Å². The molecule has 0 aliphatic carbocycles. The molecule has 0 atom stereocenters. The lowest BCUT2D eigenvalue weighted by Crippen LogP contribution is -1.90. The summed E-state index contributed by atoms with van der Waals surface area (Å²) in [5.41, 5.74) is -0.423. The lowest BCUT2D eigenvalue weighted by molar-refractivity contribution is -0.104. The minimum atomic E-state index is -1.03. The predicted molar refractivity (Wildman–Crippen MR) is 41.4 cm³/mol. The van der Waals surface area contributed by atoms with Crippen molar-refractivity contribution in [3.05, 3.63) is 41.2 Å². The molecule has 1 nitrogen and oxygen atoms in total. The van der Waals surface area contributed by atoms with E-state index in [9.17, 15) is 18.0 Å². The van der Waals surface area contributed by atoms with Gasteiger partial charge in [0.2, 0.25) is 0 Å². The predicted octanol–water partition coefficient (Wildman–Crippen LogP) is 2.32. The summed E-state index contributed by atoms with van der Waals surface area (Å²) in [5, 5.41) is 0. The number of hydrogen-bond donors (Lipinski definition) is 0. The molecule has 0 aromatic heterocycles. The summed E-state index contributed by atoms with van der Waals surface area (Å²) >= 11 is 0. The summed E-state index contributed by atoms with van der Waals surface area (Å²) in [5.74, 6) is -3.05. The first-order valence-corrected chi connectivity index (χ1v) is 3.41. The van der Waals surface area contributed by atoms with E-state index in [1.165, 1.54) is 0 Å². The molecule has 0 radical (unpaired) electrons. The minimum absolute atomic E-state index is 0.377. The molecule has 0 fully saturated rings. The number of carbonyl (C=O) groups excluding carboxylic acids is 1. The average molecular weight is 186 g/mol. The number of carbonyl (C=O) groups is 1. The Bertz CT molecular complexity index is 335. The van der Waals surface area contributed by atoms with Crippen LogP contribution in [0.1, 0.15) is 5.56 Å². The first-order valence-electron chi connectivity index (χ1n) is 3.41. The van der Waals surface area contributed by atoms with Crippen molar-refractivity contribution < 1.29 is 18.0 Å². The molecular weight excluding hydrogens is 181 g/mol. The van der Waals surface area contributed by atoms with Gasteiger partial charge in [0, 0.05) is 17.7 Å². The Balaban J connectivity index is 3.20. The fourth-order valence-corrected chi connectivity index (χ4v) is 0.848. The van der Waals surface area contributed by atoms with Gasteiger partial charge in [-0.15, -0.1) is 0 Å². The van der Waals surface area contributed by atoms with E-state index < -0.39 is 23.0 Å². The van der Waals surface area contributed by atoms with E-state index in [0.717, 1.165) is 12.2 Å². The molecule has 0 bridgehead atoms. The van der Waals surface area contributed by atoms with Crippen LogP contribution in [0, 0.1) is 17.5 Å². The second-order valence-electron chi connectivity index (χ2n) is 2.28. The van der Waals surface area contributed by atoms with Crippen molar-refractivity contribution in [1.29, 1.82) is 0 Å². The first kappa shape index (κ1) is 9.51. The molecule has 0 amide bonds. The number of allylic oxidation sites excluding steroid dienone is 1. The van der Waals surface area contributed by atoms with Crippen molar-refractivity contribution in [1.82, 2.24) is 0 Å². The van der Waals surface area contributed by atoms with Crippen LogP contribution in [0.25, 0.3) is 6.08 Å². The molecule has 1 aromatic rings. The summed E-state index contributed by atoms with van der Waals surface area (Å²) in [6, 6.07) is 1.10. The molecule has 0 unspecified atom stereocenters. The monoisotopic (exact) mass is 186 g/mol. The number of aldehydes is 1. The smallest absolute Gasteiger partial charge is 0.142 e. The van der Waals surface area contributed by atoms with Gasteiger partial charge >= 0.3 is 0 Å². The average Bonchev–Trinajstić information content (AvgIpc) is 2.02. The largest absolute Gasteiger partial charge is 0.299 e. The van der Waals surface area contributed by atoms with E-state index in [2.05, 4.69) is 0 Å². The fourth-order valence-electron chi connectivity index (χ4n) is 0.848. The lowest BCUT2D eigenvalue weighted by atomic mass is 10.2. The van der Waals surface area contributed by atoms with Crippen molar-refractivity contribution in [3.63, 3.8) is 0 Å². The van der Waals surface area contributed by atoms with E-state index in [4.69, 9.17) is 0 Å². The molecule has 0 spiro atoms. The maximum atomic E-state index is 12.8. The van der Waals surface area contributed by atoms with E-state index in [1.807, 2.05) is 0 Å². The molecule has 68 valence electrons. The van der Waals surface area contributed by atoms with Crippen molar-refractivity contribution in [2.24, 2.45) is 0 Å². The van der Waals surface area contributed by atoms with Crippen molar-refractivity contribution in [2.45, 2.75) is 0 Å². The van der Waals surface area contributed by atoms with E-state index in [0.29, 0.717) is 18.4 Å². The molecule has 13 heavy (non-hydrogen) atoms. The van der Waals surface area contributed by atoms with Gasteiger partial charge in [-0.3, -0.25) is 4.79 Å². The molecule has 0 heterocycles. The molecule has 0 aliphatic rings. The quantitative estimate of drug-likeness (QED) is 0.511. The highest BCUT2D eigenvalue weighted by atomic mass is 19.1. The van der Waals surface area contributed by atoms with Crippen LogP contribution in [0.5, 0.6) is 0 Å². The SMILES string of the molecule is O=CC=Cc1c(F)cc(F)cc1F. The Hall–Kier alpha value is -1.58. The van der Waals surface area contributed by atoms with Crippen molar-refractivity contribution >= 4 is 12.4 Å². The second kappa shape index (κ2) is 3.89. The normalized spacial score (nSPS) is 10.7. The number of benzene rings is 1. The van der Waals surface area contributed by atoms with Crippen LogP contribution in [0.3, 0.4) is 0 Å². The van der Waals surface area contributed by atoms with Gasteiger partial charge in [-0.2, -0.15) is 0 Å². The summed E-state index contributed by atoms with van der Waals surface area (Å²) < 4.78 is 37.9. The molecule has 0 saturated heterocycles. The van der Waals surface area contributed by atoms with Gasteiger partial charge < -0.3 is 0 Å². The maximum Gasteiger partial charge on any atom is 0.142 e. The fraction of sp³-hybridized carbons (Fsp3) is 0. The standard InChI is InChI=1S/C9H5F3O/c10-6-4-8(11)7(2-1-3-13)9(12)5-6/h1-5H. The van der Waals surface area contributed by atoms with E-state index in [1.54, 1.807) is 0 Å². The molecular formula is C9H5F3O. The Kier molecular flexibility index (Phi) is 2.84. The van der Waals surface area contributed by atoms with Crippen LogP contribution in [0.4, 0.5) is 13.2 Å². The van der Waals surface area contributed by atoms with Crippen molar-refractivity contribution in [3.8, 4) is 0 Å². The third-order valence-corrected chi connectivity index (χ3v) is 1.39. The van der Waals surface area contributed by atoms with Gasteiger partial charge in [-0.05, 0) is 12.2 Å². The molecule has 0 aliphatic heterocycles. The van der Waals surface area contributed by atoms with Gasteiger partial charge in [-0.1, -0.05) is 0 Å². The lowest BCUT2D eigenvalue weighted by Gasteiger charge is -1.98. The molecule has 0 N–H and O–H groups in total. The topological polar surface area (TPSA) is 17.1 Å². The summed E-state index contributed by atoms with van der Waals surface area (Å²) in [6.07, 6.45) is 2.25. The molecule has 4 heteroatoms. The Morgan fingerprint density at radius 2 is 1.62 bits per heavy atom. The van der Waals surface area contributed by atoms with Crippen LogP contribution >= 0.6 is 0 Å². The number of hydrogen-bond acceptors (Lipinski definition) is 1. The van der Waals surface area contributed by atoms with Crippen LogP contribution < -0.4 is 0 Å². The van der Waals surface area contributed by atoms with Crippen LogP contribution in [-0.2, 0) is 4.79 Å². The van der Waals surface area contributed by atoms with Gasteiger partial charge in [0.25, 0.3) is 0 Å². The van der Waals surface area contributed by atoms with Crippen molar-refractivity contribution in [2.75, 3.05) is 0 Å². The summed E-state index contributed by atoms with van der Waals surface area (Å²) in [6.45, 7) is 0. The van der Waals surface area contributed by atoms with E-state index >= 15 is 0 Å². The van der Waals surface area contributed by atoms with Gasteiger partial charge in [0.05, 0.1) is 0 Å². The molecule has 1 rings (SSSR count). The van der Waals surface area contributed by atoms with Gasteiger partial charge in [0.1, 0.15) is 23.7 Å². The molecule has 1 aromatic carbocycles. The van der Waals surface area contributed by atoms with Gasteiger partial charge in [-0.25, -0.2) is 13.2 Å². The third kappa shape index (κ3) is 2.18. The minimum Gasteiger partial charge on any atom is -0.299 e. The third-order valence-electron chi connectivity index (χ3n) is 1.39. The highest BCUT2D eigenvalue weighted by Crippen LogP contribution is 2.15. The van der Waals surface area contributed by atoms with Gasteiger partial charge in [0.15, 0.2) is 0 Å². The highest BCUT2D eigenvalue weighted by Gasteiger charge is 2.07. The Morgan fingerprint density at radius 1 is 1.08 bits per heavy atom. The zero-order valence-corrected chi connectivity index (χ0v) is 6.43. The first-order chi connectivity index (χ1) is 6.15. The van der Waals surface area contributed by atoms with Crippen LogP contribution in [0.15, 0.2) is 18.2 Å². The Morgan fingerprint density at radius 3 is 2.08 bits per heavy atom.